The van der Waals surface area contributed by atoms with E-state index in [0.29, 0.717) is 0 Å². The van der Waals surface area contributed by atoms with Crippen LogP contribution in [0.15, 0.2) is 322 Å². The van der Waals surface area contributed by atoms with E-state index in [-0.39, 0.29) is 20.1 Å². The van der Waals surface area contributed by atoms with E-state index >= 15 is 0 Å². The molecule has 123 heavy (non-hydrogen) atoms. The highest BCUT2D eigenvalue weighted by Crippen LogP contribution is 2.54. The number of aryl methyl sites for hydroxylation is 9. The van der Waals surface area contributed by atoms with Crippen LogP contribution in [0.1, 0.15) is 50.1 Å². The molecule has 12 heteroatoms. The van der Waals surface area contributed by atoms with E-state index in [1.807, 2.05) is 0 Å². The molecule has 9 nitrogen and oxygen atoms in total. The minimum Gasteiger partial charge on any atom is -0.458 e. The van der Waals surface area contributed by atoms with Crippen LogP contribution in [-0.2, 0) is 0 Å². The van der Waals surface area contributed by atoms with Crippen molar-refractivity contribution in [3.05, 3.63) is 372 Å². The van der Waals surface area contributed by atoms with Gasteiger partial charge in [0, 0.05) is 101 Å². The summed E-state index contributed by atoms with van der Waals surface area (Å²) in [4.78, 5) is 10.6. The number of para-hydroxylation sites is 9. The van der Waals surface area contributed by atoms with Gasteiger partial charge in [-0.15, -0.1) is 0 Å². The highest BCUT2D eigenvalue weighted by atomic mass is 16.5. The van der Waals surface area contributed by atoms with Crippen LogP contribution in [0, 0.1) is 62.3 Å². The number of rotatable bonds is 7. The SMILES string of the molecule is Cc1cc(C)c(N2c3cc4c(cc3B3c5ccccc5Oc5cc(-n6c7ccccc7c7ccccc76)cc2c53)B2c3cc5c(cc3N(c3c(C)cc(C)cc3C)c3cc(-n6c7ccccc7c7ccccc76)cc(c32)N4c2c(C)cc(C)cc2C)Nc2cc(-n3c4ccccc4c4ccccc43)cc3c2B5c2ccccc2N3c2ccccc2)c(C)c1. The number of hydrogen-bond acceptors (Lipinski definition) is 6. The van der Waals surface area contributed by atoms with Crippen molar-refractivity contribution in [3.63, 3.8) is 0 Å². The van der Waals surface area contributed by atoms with Gasteiger partial charge in [-0.1, -0.05) is 229 Å². The van der Waals surface area contributed by atoms with E-state index < -0.39 is 0 Å². The fourth-order valence-electron chi connectivity index (χ4n) is 23.6. The number of nitrogens with one attached hydrogen (secondary N) is 1. The second-order valence-corrected chi connectivity index (χ2v) is 35.3. The molecule has 26 rings (SSSR count). The number of aromatic nitrogens is 3. The molecule has 0 amide bonds. The summed E-state index contributed by atoms with van der Waals surface area (Å²) in [6.45, 7) is 20.0. The molecule has 20 aromatic rings. The lowest BCUT2D eigenvalue weighted by atomic mass is 9.29. The summed E-state index contributed by atoms with van der Waals surface area (Å²) in [5.41, 5.74) is 47.8. The van der Waals surface area contributed by atoms with Gasteiger partial charge < -0.3 is 43.4 Å². The first-order valence-corrected chi connectivity index (χ1v) is 43.2. The number of fused-ring (bicyclic) bond motifs is 21. The first-order valence-electron chi connectivity index (χ1n) is 43.2. The third-order valence-electron chi connectivity index (χ3n) is 27.9. The summed E-state index contributed by atoms with van der Waals surface area (Å²) in [6, 6.07) is 123. The average Bonchev–Trinajstić information content (AvgIpc) is 0.981. The van der Waals surface area contributed by atoms with Crippen molar-refractivity contribution in [3.8, 4) is 28.6 Å². The first kappa shape index (κ1) is 70.0. The van der Waals surface area contributed by atoms with Crippen molar-refractivity contribution in [2.45, 2.75) is 62.3 Å². The van der Waals surface area contributed by atoms with Crippen LogP contribution >= 0.6 is 0 Å². The molecule has 0 aliphatic carbocycles. The molecule has 1 N–H and O–H groups in total. The van der Waals surface area contributed by atoms with Gasteiger partial charge in [-0.05, 0) is 248 Å². The number of hydrogen-bond donors (Lipinski definition) is 1. The van der Waals surface area contributed by atoms with Gasteiger partial charge in [-0.25, -0.2) is 0 Å². The lowest BCUT2D eigenvalue weighted by Gasteiger charge is -2.48. The van der Waals surface area contributed by atoms with Gasteiger partial charge in [-0.3, -0.25) is 0 Å². The van der Waals surface area contributed by atoms with Crippen molar-refractivity contribution >= 4 is 214 Å². The minimum atomic E-state index is -0.351. The fraction of sp³-hybridized carbons (Fsp3) is 0.0811. The fourth-order valence-corrected chi connectivity index (χ4v) is 23.6. The van der Waals surface area contributed by atoms with Crippen LogP contribution < -0.4 is 78.8 Å². The number of ether oxygens (including phenoxy) is 1. The molecule has 6 aliphatic rings. The average molecular weight is 1580 g/mol. The predicted octanol–water partition coefficient (Wildman–Crippen LogP) is 22.6. The standard InChI is InChI=1S/C111H81B3N8O/c1-63-47-66(4)109(67(5)48-63)120-97-61-88-84(112-82-37-19-27-45-96(82)116(72-29-11-10-12-30-72)100-54-73(53-89(115-88)106(100)112)117-90-39-21-13-31-76(90)77-32-14-22-40-91(77)117)59-85(97)114-87-60-86-98(62-99(87)121(110-68(6)49-64(2)50-69(110)7)102-56-74(55-101(120)107(102)114)118-92-41-23-15-33-78(92)79-34-16-24-42-93(79)118)122(111-70(8)51-65(3)52-71(111)9)103-57-75(58-105-108(103)113(86)83-38-20-28-46-104(83)123-105)119-94-43-25-17-35-80(94)81-36-18-26-44-95(81)119/h10-62,115H,1-9H3. The zero-order valence-electron chi connectivity index (χ0n) is 69.9. The molecule has 17 aromatic carbocycles. The molecule has 0 atom stereocenters. The quantitative estimate of drug-likeness (QED) is 0.161. The van der Waals surface area contributed by atoms with Crippen LogP contribution in [0.25, 0.3) is 82.5 Å². The van der Waals surface area contributed by atoms with E-state index in [0.717, 1.165) is 141 Å². The van der Waals surface area contributed by atoms with Gasteiger partial charge in [0.15, 0.2) is 0 Å². The van der Waals surface area contributed by atoms with Crippen molar-refractivity contribution in [1.82, 2.24) is 13.7 Å². The van der Waals surface area contributed by atoms with Gasteiger partial charge in [0.1, 0.15) is 11.5 Å². The summed E-state index contributed by atoms with van der Waals surface area (Å²) < 4.78 is 15.1. The summed E-state index contributed by atoms with van der Waals surface area (Å²) in [7, 11) is 0. The molecule has 3 aromatic heterocycles. The normalized spacial score (nSPS) is 13.6. The van der Waals surface area contributed by atoms with Gasteiger partial charge in [-0.2, -0.15) is 0 Å². The lowest BCUT2D eigenvalue weighted by molar-refractivity contribution is 0.487. The van der Waals surface area contributed by atoms with Crippen molar-refractivity contribution in [1.29, 1.82) is 0 Å². The van der Waals surface area contributed by atoms with E-state index in [2.05, 4.69) is 422 Å². The molecule has 580 valence electrons. The molecule has 0 saturated carbocycles. The Morgan fingerprint density at radius 2 is 0.561 bits per heavy atom. The van der Waals surface area contributed by atoms with Crippen molar-refractivity contribution in [2.24, 2.45) is 0 Å². The Morgan fingerprint density at radius 1 is 0.220 bits per heavy atom. The molecule has 9 heterocycles. The molecular weight excluding hydrogens is 1490 g/mol. The molecule has 0 fully saturated rings. The highest BCUT2D eigenvalue weighted by Gasteiger charge is 2.51. The number of anilines is 14. The smallest absolute Gasteiger partial charge is 0.256 e. The van der Waals surface area contributed by atoms with E-state index in [1.165, 1.54) is 132 Å². The van der Waals surface area contributed by atoms with E-state index in [4.69, 9.17) is 4.74 Å². The van der Waals surface area contributed by atoms with Gasteiger partial charge in [0.05, 0.1) is 67.2 Å². The Hall–Kier alpha value is -14.9. The van der Waals surface area contributed by atoms with Crippen LogP contribution in [0.5, 0.6) is 11.5 Å². The van der Waals surface area contributed by atoms with E-state index in [1.54, 1.807) is 0 Å². The number of benzene rings is 17. The third kappa shape index (κ3) is 9.71. The molecule has 0 spiro atoms. The molecule has 0 bridgehead atoms. The van der Waals surface area contributed by atoms with Gasteiger partial charge >= 0.3 is 0 Å². The van der Waals surface area contributed by atoms with E-state index in [9.17, 15) is 0 Å². The zero-order chi connectivity index (χ0) is 82.0. The van der Waals surface area contributed by atoms with Crippen LogP contribution in [0.2, 0.25) is 0 Å². The largest absolute Gasteiger partial charge is 0.458 e. The van der Waals surface area contributed by atoms with Gasteiger partial charge in [0.2, 0.25) is 0 Å². The highest BCUT2D eigenvalue weighted by molar-refractivity contribution is 7.04. The number of nitrogens with zero attached hydrogens (tertiary/aromatic N) is 7. The van der Waals surface area contributed by atoms with Crippen molar-refractivity contribution < 1.29 is 4.74 Å². The summed E-state index contributed by atoms with van der Waals surface area (Å²) in [6.07, 6.45) is 0. The Morgan fingerprint density at radius 3 is 1.02 bits per heavy atom. The second kappa shape index (κ2) is 25.6. The monoisotopic (exact) mass is 1570 g/mol. The Kier molecular flexibility index (Phi) is 14.6. The summed E-state index contributed by atoms with van der Waals surface area (Å²) in [5.74, 6) is 1.71. The van der Waals surface area contributed by atoms with Gasteiger partial charge in [0.25, 0.3) is 20.1 Å². The lowest BCUT2D eigenvalue weighted by Crippen LogP contribution is -2.66. The summed E-state index contributed by atoms with van der Waals surface area (Å²) >= 11 is 0. The molecule has 0 saturated heterocycles. The maximum Gasteiger partial charge on any atom is 0.256 e. The second-order valence-electron chi connectivity index (χ2n) is 35.3. The molecule has 6 aliphatic heterocycles. The minimum absolute atomic E-state index is 0.202. The molecule has 0 radical (unpaired) electrons. The zero-order valence-corrected chi connectivity index (χ0v) is 69.9. The molecular formula is C111H81B3N8O. The Bertz CT molecular complexity index is 7920. The Balaban J connectivity index is 0.812. The van der Waals surface area contributed by atoms with Crippen LogP contribution in [0.4, 0.5) is 79.6 Å². The Labute approximate surface area is 715 Å². The predicted molar refractivity (Wildman–Crippen MR) is 521 cm³/mol. The van der Waals surface area contributed by atoms with Crippen LogP contribution in [-0.4, -0.2) is 33.8 Å². The molecule has 0 unspecified atom stereocenters. The summed E-state index contributed by atoms with van der Waals surface area (Å²) in [5, 5.41) is 11.7. The first-order chi connectivity index (χ1) is 60.2. The maximum absolute atomic E-state index is 7.59. The topological polar surface area (TPSA) is 49.0 Å². The van der Waals surface area contributed by atoms with Crippen LogP contribution in [0.3, 0.4) is 0 Å². The third-order valence-corrected chi connectivity index (χ3v) is 27.9. The van der Waals surface area contributed by atoms with Crippen molar-refractivity contribution in [2.75, 3.05) is 24.9 Å². The maximum atomic E-state index is 7.59.